The number of nitrogen functional groups attached to an aromatic ring is 1. The number of hydrogen-bond acceptors (Lipinski definition) is 4. The van der Waals surface area contributed by atoms with Crippen LogP contribution in [0.25, 0.3) is 10.2 Å². The van der Waals surface area contributed by atoms with E-state index >= 15 is 0 Å². The first-order chi connectivity index (χ1) is 6.59. The molecule has 0 saturated carbocycles. The Labute approximate surface area is 84.0 Å². The van der Waals surface area contributed by atoms with Crippen LogP contribution in [-0.2, 0) is 0 Å². The second-order valence-electron chi connectivity index (χ2n) is 2.92. The highest BCUT2D eigenvalue weighted by molar-refractivity contribution is 7.19. The van der Waals surface area contributed by atoms with Crippen LogP contribution in [-0.4, -0.2) is 16.1 Å². The van der Waals surface area contributed by atoms with Crippen LogP contribution < -0.4 is 5.73 Å². The number of aromatic nitrogens is 1. The summed E-state index contributed by atoms with van der Waals surface area (Å²) in [5.74, 6) is -0.946. The Morgan fingerprint density at radius 3 is 2.93 bits per heavy atom. The Morgan fingerprint density at radius 1 is 1.57 bits per heavy atom. The van der Waals surface area contributed by atoms with Gasteiger partial charge in [0, 0.05) is 0 Å². The molecule has 2 rings (SSSR count). The van der Waals surface area contributed by atoms with Gasteiger partial charge < -0.3 is 10.8 Å². The zero-order chi connectivity index (χ0) is 10.3. The summed E-state index contributed by atoms with van der Waals surface area (Å²) in [6.07, 6.45) is 0. The number of nitrogens with two attached hydrogens (primary N) is 1. The number of nitrogens with zero attached hydrogens (tertiary/aromatic N) is 1. The van der Waals surface area contributed by atoms with Gasteiger partial charge in [-0.15, -0.1) is 11.3 Å². The van der Waals surface area contributed by atoms with E-state index in [1.807, 2.05) is 6.92 Å². The maximum atomic E-state index is 10.9. The number of aromatic carboxylic acids is 1. The van der Waals surface area contributed by atoms with E-state index in [1.165, 1.54) is 17.4 Å². The Balaban J connectivity index is 2.87. The molecule has 1 heterocycles. The predicted molar refractivity (Wildman–Crippen MR) is 55.7 cm³/mol. The second-order valence-corrected chi connectivity index (χ2v) is 4.12. The van der Waals surface area contributed by atoms with Gasteiger partial charge in [-0.2, -0.15) is 0 Å². The van der Waals surface area contributed by atoms with Gasteiger partial charge in [-0.3, -0.25) is 0 Å². The molecule has 0 aliphatic rings. The number of benzene rings is 1. The van der Waals surface area contributed by atoms with Crippen molar-refractivity contribution in [2.24, 2.45) is 0 Å². The minimum absolute atomic E-state index is 0.264. The molecule has 4 nitrogen and oxygen atoms in total. The van der Waals surface area contributed by atoms with Crippen LogP contribution in [0.5, 0.6) is 0 Å². The monoisotopic (exact) mass is 208 g/mol. The van der Waals surface area contributed by atoms with Gasteiger partial charge in [0.1, 0.15) is 5.52 Å². The molecule has 1 aromatic carbocycles. The number of fused-ring (bicyclic) bond motifs is 1. The molecule has 0 aliphatic carbocycles. The molecule has 0 spiro atoms. The third-order valence-corrected chi connectivity index (χ3v) is 2.92. The molecule has 0 atom stereocenters. The predicted octanol–water partition coefficient (Wildman–Crippen LogP) is 1.89. The van der Waals surface area contributed by atoms with Crippen LogP contribution in [0.2, 0.25) is 0 Å². The third kappa shape index (κ3) is 1.22. The van der Waals surface area contributed by atoms with Crippen molar-refractivity contribution in [3.63, 3.8) is 0 Å². The van der Waals surface area contributed by atoms with E-state index < -0.39 is 5.97 Å². The van der Waals surface area contributed by atoms with Crippen LogP contribution >= 0.6 is 11.3 Å². The summed E-state index contributed by atoms with van der Waals surface area (Å²) in [6, 6.07) is 3.09. The summed E-state index contributed by atoms with van der Waals surface area (Å²) in [4.78, 5) is 15.1. The van der Waals surface area contributed by atoms with E-state index in [2.05, 4.69) is 4.98 Å². The maximum Gasteiger partial charge on any atom is 0.337 e. The summed E-state index contributed by atoms with van der Waals surface area (Å²) in [5, 5.41) is 9.74. The Morgan fingerprint density at radius 2 is 2.29 bits per heavy atom. The van der Waals surface area contributed by atoms with Gasteiger partial charge in [0.2, 0.25) is 0 Å². The molecule has 1 aromatic heterocycles. The molecule has 72 valence electrons. The molecule has 2 aromatic rings. The molecule has 0 bridgehead atoms. The fourth-order valence-electron chi connectivity index (χ4n) is 1.30. The lowest BCUT2D eigenvalue weighted by Crippen LogP contribution is -1.97. The summed E-state index contributed by atoms with van der Waals surface area (Å²) in [6.45, 7) is 1.83. The first-order valence-electron chi connectivity index (χ1n) is 3.98. The van der Waals surface area contributed by atoms with Crippen molar-refractivity contribution in [1.82, 2.24) is 4.98 Å². The standard InChI is InChI=1S/C9H8N2O2S/c1-4-11-7-6(10)3-2-5(9(12)13)8(7)14-4/h2-3H,10H2,1H3,(H,12,13). The molecule has 0 fully saturated rings. The zero-order valence-electron chi connectivity index (χ0n) is 7.44. The number of rotatable bonds is 1. The van der Waals surface area contributed by atoms with Gasteiger partial charge in [-0.1, -0.05) is 0 Å². The van der Waals surface area contributed by atoms with Crippen LogP contribution in [0.3, 0.4) is 0 Å². The lowest BCUT2D eigenvalue weighted by Gasteiger charge is -1.97. The van der Waals surface area contributed by atoms with Crippen molar-refractivity contribution < 1.29 is 9.90 Å². The highest BCUT2D eigenvalue weighted by Gasteiger charge is 2.13. The van der Waals surface area contributed by atoms with E-state index in [4.69, 9.17) is 10.8 Å². The lowest BCUT2D eigenvalue weighted by molar-refractivity contribution is 0.0699. The zero-order valence-corrected chi connectivity index (χ0v) is 8.26. The highest BCUT2D eigenvalue weighted by atomic mass is 32.1. The van der Waals surface area contributed by atoms with Gasteiger partial charge >= 0.3 is 5.97 Å². The van der Waals surface area contributed by atoms with Gasteiger partial charge in [-0.25, -0.2) is 9.78 Å². The van der Waals surface area contributed by atoms with Gasteiger partial charge in [0.25, 0.3) is 0 Å². The van der Waals surface area contributed by atoms with E-state index in [0.717, 1.165) is 5.01 Å². The van der Waals surface area contributed by atoms with Gasteiger partial charge in [0.05, 0.1) is 21.0 Å². The average molecular weight is 208 g/mol. The Bertz CT molecular complexity index is 519. The molecule has 0 aliphatic heterocycles. The quantitative estimate of drug-likeness (QED) is 0.701. The Kier molecular flexibility index (Phi) is 1.89. The normalized spacial score (nSPS) is 10.6. The average Bonchev–Trinajstić information content (AvgIpc) is 2.47. The molecular formula is C9H8N2O2S. The molecule has 0 amide bonds. The number of carbonyl (C=O) groups is 1. The van der Waals surface area contributed by atoms with E-state index in [9.17, 15) is 4.79 Å². The maximum absolute atomic E-state index is 10.9. The van der Waals surface area contributed by atoms with Crippen molar-refractivity contribution in [2.45, 2.75) is 6.92 Å². The van der Waals surface area contributed by atoms with Crippen LogP contribution in [0.1, 0.15) is 15.4 Å². The van der Waals surface area contributed by atoms with E-state index in [0.29, 0.717) is 15.9 Å². The molecule has 5 heteroatoms. The molecule has 0 radical (unpaired) electrons. The van der Waals surface area contributed by atoms with Crippen LogP contribution in [0.15, 0.2) is 12.1 Å². The summed E-state index contributed by atoms with van der Waals surface area (Å²) < 4.78 is 0.648. The third-order valence-electron chi connectivity index (χ3n) is 1.91. The fraction of sp³-hybridized carbons (Fsp3) is 0.111. The van der Waals surface area contributed by atoms with Crippen molar-refractivity contribution in [2.75, 3.05) is 5.73 Å². The number of anilines is 1. The van der Waals surface area contributed by atoms with E-state index in [-0.39, 0.29) is 5.56 Å². The molecule has 0 saturated heterocycles. The number of thiazole rings is 1. The number of aryl methyl sites for hydroxylation is 1. The minimum Gasteiger partial charge on any atom is -0.478 e. The summed E-state index contributed by atoms with van der Waals surface area (Å²) in [5.41, 5.74) is 7.07. The lowest BCUT2D eigenvalue weighted by atomic mass is 10.2. The van der Waals surface area contributed by atoms with Crippen LogP contribution in [0.4, 0.5) is 5.69 Å². The highest BCUT2D eigenvalue weighted by Crippen LogP contribution is 2.29. The fourth-order valence-corrected chi connectivity index (χ4v) is 2.26. The largest absolute Gasteiger partial charge is 0.478 e. The number of carboxylic acid groups (broad SMARTS) is 1. The van der Waals surface area contributed by atoms with Gasteiger partial charge in [0.15, 0.2) is 0 Å². The molecule has 0 unspecified atom stereocenters. The smallest absolute Gasteiger partial charge is 0.337 e. The molecule has 3 N–H and O–H groups in total. The van der Waals surface area contributed by atoms with Crippen molar-refractivity contribution in [3.8, 4) is 0 Å². The first-order valence-corrected chi connectivity index (χ1v) is 4.80. The molecular weight excluding hydrogens is 200 g/mol. The van der Waals surface area contributed by atoms with E-state index in [1.54, 1.807) is 6.07 Å². The second kappa shape index (κ2) is 2.95. The Hall–Kier alpha value is -1.62. The minimum atomic E-state index is -0.946. The summed E-state index contributed by atoms with van der Waals surface area (Å²) in [7, 11) is 0. The number of hydrogen-bond donors (Lipinski definition) is 2. The topological polar surface area (TPSA) is 76.2 Å². The van der Waals surface area contributed by atoms with Crippen molar-refractivity contribution in [3.05, 3.63) is 22.7 Å². The van der Waals surface area contributed by atoms with Gasteiger partial charge in [-0.05, 0) is 19.1 Å². The van der Waals surface area contributed by atoms with Crippen molar-refractivity contribution in [1.29, 1.82) is 0 Å². The summed E-state index contributed by atoms with van der Waals surface area (Å²) >= 11 is 1.35. The molecule has 14 heavy (non-hydrogen) atoms. The van der Waals surface area contributed by atoms with Crippen molar-refractivity contribution >= 4 is 33.2 Å². The van der Waals surface area contributed by atoms with Crippen LogP contribution in [0, 0.1) is 6.92 Å². The number of carboxylic acids is 1. The SMILES string of the molecule is Cc1nc2c(N)ccc(C(=O)O)c2s1. The first kappa shape index (κ1) is 8.96.